The molecule has 0 radical (unpaired) electrons. The number of ether oxygens (including phenoxy) is 1. The highest BCUT2D eigenvalue weighted by Crippen LogP contribution is 2.23. The molecule has 21 heavy (non-hydrogen) atoms. The number of hydrogen-bond acceptors (Lipinski definition) is 5. The van der Waals surface area contributed by atoms with Gasteiger partial charge in [0, 0.05) is 18.5 Å². The predicted molar refractivity (Wildman–Crippen MR) is 82.3 cm³/mol. The summed E-state index contributed by atoms with van der Waals surface area (Å²) < 4.78 is 7.31. The molecular formula is C15H17N5O. The Balaban J connectivity index is 2.33. The van der Waals surface area contributed by atoms with Gasteiger partial charge in [-0.2, -0.15) is 5.10 Å². The molecule has 3 rings (SSSR count). The summed E-state index contributed by atoms with van der Waals surface area (Å²) in [4.78, 5) is 13.4. The van der Waals surface area contributed by atoms with Gasteiger partial charge in [-0.3, -0.25) is 9.97 Å². The first kappa shape index (κ1) is 13.6. The van der Waals surface area contributed by atoms with Crippen molar-refractivity contribution in [3.05, 3.63) is 30.4 Å². The summed E-state index contributed by atoms with van der Waals surface area (Å²) in [6.45, 7) is 6.91. The Morgan fingerprint density at radius 3 is 2.90 bits per heavy atom. The van der Waals surface area contributed by atoms with E-state index in [1.807, 2.05) is 37.6 Å². The number of nitrogens with zero attached hydrogens (tertiary/aromatic N) is 5. The third-order valence-electron chi connectivity index (χ3n) is 3.02. The number of pyridine rings is 2. The maximum Gasteiger partial charge on any atom is 0.157 e. The van der Waals surface area contributed by atoms with Crippen molar-refractivity contribution in [1.29, 1.82) is 0 Å². The smallest absolute Gasteiger partial charge is 0.157 e. The predicted octanol–water partition coefficient (Wildman–Crippen LogP) is 2.76. The molecule has 6 heteroatoms. The second-order valence-electron chi connectivity index (χ2n) is 4.89. The average molecular weight is 283 g/mol. The molecule has 3 aromatic heterocycles. The van der Waals surface area contributed by atoms with Crippen molar-refractivity contribution in [3.8, 4) is 0 Å². The highest BCUT2D eigenvalue weighted by molar-refractivity contribution is 5.99. The normalized spacial score (nSPS) is 11.2. The van der Waals surface area contributed by atoms with Crippen LogP contribution in [0.1, 0.15) is 26.6 Å². The molecule has 6 nitrogen and oxygen atoms in total. The molecule has 3 heterocycles. The van der Waals surface area contributed by atoms with Crippen molar-refractivity contribution >= 4 is 27.8 Å². The Hall–Kier alpha value is -2.34. The van der Waals surface area contributed by atoms with Gasteiger partial charge in [0.25, 0.3) is 0 Å². The van der Waals surface area contributed by atoms with Crippen LogP contribution < -0.4 is 0 Å². The summed E-state index contributed by atoms with van der Waals surface area (Å²) in [5.74, 6) is 0.757. The van der Waals surface area contributed by atoms with E-state index in [4.69, 9.17) is 4.74 Å². The highest BCUT2D eigenvalue weighted by atomic mass is 16.5. The van der Waals surface area contributed by atoms with E-state index in [0.717, 1.165) is 33.6 Å². The Kier molecular flexibility index (Phi) is 3.62. The first-order chi connectivity index (χ1) is 10.2. The Labute approximate surface area is 122 Å². The minimum Gasteiger partial charge on any atom is -0.374 e. The summed E-state index contributed by atoms with van der Waals surface area (Å²) in [6.07, 6.45) is 3.51. The topological polar surface area (TPSA) is 65.2 Å². The molecule has 0 atom stereocenters. The lowest BCUT2D eigenvalue weighted by atomic mass is 10.3. The fourth-order valence-corrected chi connectivity index (χ4v) is 2.20. The molecule has 0 aliphatic carbocycles. The van der Waals surface area contributed by atoms with Gasteiger partial charge >= 0.3 is 0 Å². The molecule has 0 aromatic carbocycles. The minimum atomic E-state index is 0.413. The van der Waals surface area contributed by atoms with Gasteiger partial charge in [-0.15, -0.1) is 0 Å². The fraction of sp³-hybridized carbons (Fsp3) is 0.333. The lowest BCUT2D eigenvalue weighted by Crippen LogP contribution is -2.03. The van der Waals surface area contributed by atoms with Gasteiger partial charge in [0.2, 0.25) is 0 Å². The summed E-state index contributed by atoms with van der Waals surface area (Å²) >= 11 is 0. The van der Waals surface area contributed by atoms with Crippen LogP contribution in [0, 0.1) is 0 Å². The zero-order valence-electron chi connectivity index (χ0n) is 12.4. The van der Waals surface area contributed by atoms with Crippen molar-refractivity contribution in [2.45, 2.75) is 27.4 Å². The monoisotopic (exact) mass is 283 g/mol. The van der Waals surface area contributed by atoms with Crippen LogP contribution in [0.25, 0.3) is 22.1 Å². The third-order valence-corrected chi connectivity index (χ3v) is 3.02. The van der Waals surface area contributed by atoms with Crippen LogP contribution in [0.2, 0.25) is 0 Å². The van der Waals surface area contributed by atoms with E-state index in [0.29, 0.717) is 13.2 Å². The molecule has 3 aromatic rings. The summed E-state index contributed by atoms with van der Waals surface area (Å²) in [6, 6.07) is 3.81. The van der Waals surface area contributed by atoms with E-state index in [1.54, 1.807) is 12.4 Å². The van der Waals surface area contributed by atoms with Gasteiger partial charge in [-0.25, -0.2) is 9.66 Å². The molecule has 0 bridgehead atoms. The lowest BCUT2D eigenvalue weighted by molar-refractivity contribution is 0.126. The first-order valence-electron chi connectivity index (χ1n) is 6.91. The van der Waals surface area contributed by atoms with Gasteiger partial charge in [0.15, 0.2) is 5.82 Å². The van der Waals surface area contributed by atoms with Crippen molar-refractivity contribution in [1.82, 2.24) is 19.6 Å². The van der Waals surface area contributed by atoms with Crippen molar-refractivity contribution in [2.75, 3.05) is 6.61 Å². The summed E-state index contributed by atoms with van der Waals surface area (Å²) in [5.41, 5.74) is 4.22. The number of rotatable bonds is 4. The maximum absolute atomic E-state index is 5.49. The van der Waals surface area contributed by atoms with E-state index in [2.05, 4.69) is 20.1 Å². The van der Waals surface area contributed by atoms with Crippen LogP contribution >= 0.6 is 0 Å². The van der Waals surface area contributed by atoms with Gasteiger partial charge in [-0.05, 0) is 32.9 Å². The maximum atomic E-state index is 5.49. The molecule has 0 saturated carbocycles. The molecule has 0 N–H and O–H groups in total. The lowest BCUT2D eigenvalue weighted by Gasteiger charge is -2.05. The standard InChI is InChI=1S/C15H17N5O/c1-4-21-9-13-18-12-8-17-11-6-5-7-16-14(11)15(12)20(13)19-10(2)3/h5-8H,4,9H2,1-3H3. The van der Waals surface area contributed by atoms with Crippen LogP contribution in [0.15, 0.2) is 29.6 Å². The van der Waals surface area contributed by atoms with Gasteiger partial charge in [0.05, 0.1) is 11.7 Å². The van der Waals surface area contributed by atoms with Crippen LogP contribution in [0.3, 0.4) is 0 Å². The van der Waals surface area contributed by atoms with Crippen LogP contribution in [0.5, 0.6) is 0 Å². The SMILES string of the molecule is CCOCc1nc2cnc3cccnc3c2n1N=C(C)C. The zero-order valence-corrected chi connectivity index (χ0v) is 12.4. The van der Waals surface area contributed by atoms with Crippen LogP contribution in [0.4, 0.5) is 0 Å². The van der Waals surface area contributed by atoms with Gasteiger partial charge in [0.1, 0.15) is 23.2 Å². The summed E-state index contributed by atoms with van der Waals surface area (Å²) in [7, 11) is 0. The zero-order chi connectivity index (χ0) is 14.8. The number of imidazole rings is 1. The quantitative estimate of drug-likeness (QED) is 0.691. The average Bonchev–Trinajstić information content (AvgIpc) is 2.82. The second kappa shape index (κ2) is 5.57. The fourth-order valence-electron chi connectivity index (χ4n) is 2.20. The largest absolute Gasteiger partial charge is 0.374 e. The number of hydrogen-bond donors (Lipinski definition) is 0. The van der Waals surface area contributed by atoms with Crippen LogP contribution in [-0.4, -0.2) is 31.9 Å². The molecule has 0 aliphatic rings. The minimum absolute atomic E-state index is 0.413. The Morgan fingerprint density at radius 1 is 1.29 bits per heavy atom. The highest BCUT2D eigenvalue weighted by Gasteiger charge is 2.14. The van der Waals surface area contributed by atoms with Crippen molar-refractivity contribution in [2.24, 2.45) is 5.10 Å². The first-order valence-corrected chi connectivity index (χ1v) is 6.91. The van der Waals surface area contributed by atoms with Gasteiger partial charge < -0.3 is 4.74 Å². The third kappa shape index (κ3) is 2.50. The van der Waals surface area contributed by atoms with Gasteiger partial charge in [-0.1, -0.05) is 0 Å². The Bertz CT molecular complexity index is 817. The molecular weight excluding hydrogens is 266 g/mol. The molecule has 0 saturated heterocycles. The molecule has 0 amide bonds. The molecule has 0 unspecified atom stereocenters. The molecule has 0 spiro atoms. The number of fused-ring (bicyclic) bond motifs is 3. The molecule has 0 fully saturated rings. The van der Waals surface area contributed by atoms with E-state index in [9.17, 15) is 0 Å². The van der Waals surface area contributed by atoms with E-state index in [1.165, 1.54) is 0 Å². The van der Waals surface area contributed by atoms with Crippen LogP contribution in [-0.2, 0) is 11.3 Å². The second-order valence-corrected chi connectivity index (χ2v) is 4.89. The van der Waals surface area contributed by atoms with Crippen molar-refractivity contribution < 1.29 is 4.74 Å². The van der Waals surface area contributed by atoms with E-state index >= 15 is 0 Å². The molecule has 0 aliphatic heterocycles. The Morgan fingerprint density at radius 2 is 2.14 bits per heavy atom. The van der Waals surface area contributed by atoms with Crippen molar-refractivity contribution in [3.63, 3.8) is 0 Å². The summed E-state index contributed by atoms with van der Waals surface area (Å²) in [5, 5.41) is 4.57. The van der Waals surface area contributed by atoms with E-state index < -0.39 is 0 Å². The molecule has 108 valence electrons. The van der Waals surface area contributed by atoms with E-state index in [-0.39, 0.29) is 0 Å². The number of aromatic nitrogens is 4.